The van der Waals surface area contributed by atoms with E-state index in [1.165, 1.54) is 23.6 Å². The van der Waals surface area contributed by atoms with E-state index in [0.717, 1.165) is 111 Å². The molecular formula is C54H61Cl3N6O5. The molecule has 4 atom stereocenters. The van der Waals surface area contributed by atoms with Crippen LogP contribution in [0.4, 0.5) is 11.4 Å². The molecule has 0 aliphatic carbocycles. The molecule has 2 unspecified atom stereocenters. The third kappa shape index (κ3) is 15.7. The monoisotopic (exact) mass is 978 g/mol. The fraction of sp³-hybridized carbons (Fsp3) is 0.389. The van der Waals surface area contributed by atoms with Gasteiger partial charge < -0.3 is 34.4 Å². The van der Waals surface area contributed by atoms with E-state index in [-0.39, 0.29) is 30.9 Å². The molecule has 3 fully saturated rings. The van der Waals surface area contributed by atoms with Gasteiger partial charge >= 0.3 is 5.97 Å². The highest BCUT2D eigenvalue weighted by Gasteiger charge is 2.30. The van der Waals surface area contributed by atoms with Crippen molar-refractivity contribution in [2.75, 3.05) is 68.9 Å². The van der Waals surface area contributed by atoms with E-state index in [4.69, 9.17) is 49.4 Å². The van der Waals surface area contributed by atoms with Crippen LogP contribution in [0.1, 0.15) is 84.1 Å². The molecule has 0 saturated carbocycles. The third-order valence-corrected chi connectivity index (χ3v) is 12.6. The Morgan fingerprint density at radius 3 is 1.94 bits per heavy atom. The summed E-state index contributed by atoms with van der Waals surface area (Å²) in [5.74, 6) is -0.345. The minimum Gasteiger partial charge on any atom is -0.446 e. The Bertz CT molecular complexity index is 2420. The van der Waals surface area contributed by atoms with Gasteiger partial charge in [-0.15, -0.1) is 0 Å². The fourth-order valence-electron chi connectivity index (χ4n) is 8.72. The quantitative estimate of drug-likeness (QED) is 0.0863. The zero-order valence-corrected chi connectivity index (χ0v) is 41.1. The number of nitrogens with zero attached hydrogens (tertiary/aromatic N) is 5. The normalized spacial score (nSPS) is 18.7. The van der Waals surface area contributed by atoms with E-state index < -0.39 is 5.56 Å². The molecular weight excluding hydrogens is 919 g/mol. The number of alkyl halides is 1. The number of aliphatic hydroxyl groups is 1. The average Bonchev–Trinajstić information content (AvgIpc) is 3.35. The summed E-state index contributed by atoms with van der Waals surface area (Å²) in [6, 6.07) is 43.8. The fourth-order valence-corrected chi connectivity index (χ4v) is 9.10. The van der Waals surface area contributed by atoms with Gasteiger partial charge in [-0.25, -0.2) is 0 Å². The Kier molecular flexibility index (Phi) is 20.8. The molecule has 3 saturated heterocycles. The SMILES string of the molecule is CC(=O)OC(C)Cl.N#Cc1cc(CCO)ccc1N1CCNC[C@H]1c1ccc(Cl)cc1.N#Cc1cc(CCOC2CCCCO2)ccc1N1CCN(Cc2ccccc2)C[C@H]1c1ccc(Cl)cc1. The van der Waals surface area contributed by atoms with Crippen LogP contribution in [0.2, 0.25) is 10.0 Å². The van der Waals surface area contributed by atoms with E-state index in [1.54, 1.807) is 6.92 Å². The number of carbonyl (C=O) groups is 1. The van der Waals surface area contributed by atoms with Gasteiger partial charge in [0, 0.05) is 76.0 Å². The summed E-state index contributed by atoms with van der Waals surface area (Å²) in [4.78, 5) is 17.1. The number of nitrogens with one attached hydrogen (secondary N) is 1. The van der Waals surface area contributed by atoms with Crippen LogP contribution in [-0.2, 0) is 38.4 Å². The van der Waals surface area contributed by atoms with Crippen LogP contribution in [0.25, 0.3) is 0 Å². The number of piperazine rings is 2. The molecule has 0 amide bonds. The lowest BCUT2D eigenvalue weighted by atomic mass is 9.98. The number of aliphatic hydroxyl groups excluding tert-OH is 1. The molecule has 0 radical (unpaired) electrons. The Labute approximate surface area is 416 Å². The predicted octanol–water partition coefficient (Wildman–Crippen LogP) is 10.4. The minimum absolute atomic E-state index is 0.0872. The summed E-state index contributed by atoms with van der Waals surface area (Å²) in [6.45, 7) is 10.5. The van der Waals surface area contributed by atoms with Gasteiger partial charge in [0.2, 0.25) is 0 Å². The molecule has 14 heteroatoms. The first-order valence-electron chi connectivity index (χ1n) is 23.3. The average molecular weight is 980 g/mol. The first kappa shape index (κ1) is 52.2. The summed E-state index contributed by atoms with van der Waals surface area (Å²) in [6.07, 6.45) is 4.48. The van der Waals surface area contributed by atoms with Crippen molar-refractivity contribution in [2.24, 2.45) is 0 Å². The van der Waals surface area contributed by atoms with Gasteiger partial charge in [0.25, 0.3) is 0 Å². The van der Waals surface area contributed by atoms with Crippen molar-refractivity contribution in [1.82, 2.24) is 10.2 Å². The molecule has 11 nitrogen and oxygen atoms in total. The molecule has 3 heterocycles. The summed E-state index contributed by atoms with van der Waals surface area (Å²) >= 11 is 17.4. The maximum Gasteiger partial charge on any atom is 0.304 e. The van der Waals surface area contributed by atoms with E-state index in [9.17, 15) is 15.3 Å². The Balaban J connectivity index is 0.000000210. The maximum absolute atomic E-state index is 10.1. The number of ether oxygens (including phenoxy) is 3. The van der Waals surface area contributed by atoms with Crippen molar-refractivity contribution in [3.05, 3.63) is 164 Å². The number of rotatable bonds is 13. The van der Waals surface area contributed by atoms with Crippen molar-refractivity contribution >= 4 is 52.1 Å². The molecule has 358 valence electrons. The molecule has 5 aromatic carbocycles. The van der Waals surface area contributed by atoms with Crippen molar-refractivity contribution < 1.29 is 24.1 Å². The van der Waals surface area contributed by atoms with Gasteiger partial charge in [-0.2, -0.15) is 10.5 Å². The molecule has 68 heavy (non-hydrogen) atoms. The van der Waals surface area contributed by atoms with Crippen LogP contribution >= 0.6 is 34.8 Å². The standard InChI is InChI=1S/C31H34ClN3O2.C19H20ClN3O.C4H7ClO2/c32-28-12-10-26(11-13-28)30-23-34(22-25-6-2-1-3-7-25)16-17-35(30)29-14-9-24(20-27(29)21-33)15-19-37-31-8-4-5-18-36-31;20-17-4-2-15(3-5-17)19-13-22-8-9-23(19)18-6-1-14(7-10-24)11-16(18)12-21;1-3(5)7-4(2)6/h1-3,6-7,9-14,20,30-31H,4-5,8,15-19,22-23H2;1-6,11,19,22,24H,7-10,13H2;3H,1-2H3/t30-,31?;19-;/m00./s1. The van der Waals surface area contributed by atoms with Crippen LogP contribution in [-0.4, -0.2) is 86.9 Å². The summed E-state index contributed by atoms with van der Waals surface area (Å²) < 4.78 is 16.0. The highest BCUT2D eigenvalue weighted by molar-refractivity contribution is 6.30. The summed E-state index contributed by atoms with van der Waals surface area (Å²) in [7, 11) is 0. The van der Waals surface area contributed by atoms with Gasteiger partial charge in [-0.1, -0.05) is 102 Å². The van der Waals surface area contributed by atoms with Crippen molar-refractivity contribution in [1.29, 1.82) is 10.5 Å². The van der Waals surface area contributed by atoms with Gasteiger partial charge in [0.15, 0.2) is 11.9 Å². The van der Waals surface area contributed by atoms with Crippen LogP contribution in [0.3, 0.4) is 0 Å². The topological polar surface area (TPSA) is 134 Å². The zero-order valence-electron chi connectivity index (χ0n) is 38.8. The van der Waals surface area contributed by atoms with Crippen LogP contribution in [0, 0.1) is 22.7 Å². The second-order valence-corrected chi connectivity index (χ2v) is 18.4. The number of nitriles is 2. The van der Waals surface area contributed by atoms with E-state index >= 15 is 0 Å². The maximum atomic E-state index is 10.1. The minimum atomic E-state index is -0.502. The largest absolute Gasteiger partial charge is 0.446 e. The first-order valence-corrected chi connectivity index (χ1v) is 24.5. The van der Waals surface area contributed by atoms with Gasteiger partial charge in [-0.3, -0.25) is 9.69 Å². The predicted molar refractivity (Wildman–Crippen MR) is 271 cm³/mol. The Hall–Kier alpha value is -5.18. The molecule has 0 bridgehead atoms. The molecule has 3 aliphatic rings. The Morgan fingerprint density at radius 2 is 1.40 bits per heavy atom. The van der Waals surface area contributed by atoms with Crippen molar-refractivity contribution in [3.63, 3.8) is 0 Å². The number of hydrogen-bond donors (Lipinski definition) is 2. The zero-order chi connectivity index (χ0) is 48.3. The number of anilines is 2. The number of carbonyl (C=O) groups excluding carboxylic acids is 1. The van der Waals surface area contributed by atoms with E-state index in [0.29, 0.717) is 24.2 Å². The second-order valence-electron chi connectivity index (χ2n) is 16.9. The van der Waals surface area contributed by atoms with Crippen LogP contribution < -0.4 is 15.1 Å². The first-order chi connectivity index (χ1) is 33.0. The Morgan fingerprint density at radius 1 is 0.794 bits per heavy atom. The highest BCUT2D eigenvalue weighted by atomic mass is 35.5. The molecule has 2 N–H and O–H groups in total. The second kappa shape index (κ2) is 27.1. The molecule has 8 rings (SSSR count). The third-order valence-electron chi connectivity index (χ3n) is 12.0. The van der Waals surface area contributed by atoms with Crippen LogP contribution in [0.15, 0.2) is 115 Å². The molecule has 0 aromatic heterocycles. The summed E-state index contributed by atoms with van der Waals surface area (Å²) in [5, 5.41) is 33.6. The van der Waals surface area contributed by atoms with Gasteiger partial charge in [-0.05, 0) is 115 Å². The lowest BCUT2D eigenvalue weighted by molar-refractivity contribution is -0.161. The van der Waals surface area contributed by atoms with Gasteiger partial charge in [0.1, 0.15) is 12.1 Å². The molecule has 0 spiro atoms. The van der Waals surface area contributed by atoms with E-state index in [1.807, 2.05) is 60.7 Å². The van der Waals surface area contributed by atoms with Crippen molar-refractivity contribution in [3.8, 4) is 12.1 Å². The molecule has 5 aromatic rings. The van der Waals surface area contributed by atoms with Gasteiger partial charge in [0.05, 0.1) is 41.2 Å². The smallest absolute Gasteiger partial charge is 0.304 e. The number of esters is 1. The van der Waals surface area contributed by atoms with E-state index in [2.05, 4.69) is 91.5 Å². The summed E-state index contributed by atoms with van der Waals surface area (Å²) in [5.41, 5.74) is 8.58. The lowest BCUT2D eigenvalue weighted by Crippen LogP contribution is -2.48. The lowest BCUT2D eigenvalue weighted by Gasteiger charge is -2.43. The number of hydrogen-bond acceptors (Lipinski definition) is 11. The number of benzene rings is 5. The molecule has 3 aliphatic heterocycles. The van der Waals surface area contributed by atoms with Crippen molar-refractivity contribution in [2.45, 2.75) is 76.4 Å². The van der Waals surface area contributed by atoms with Crippen LogP contribution in [0.5, 0.6) is 0 Å². The highest BCUT2D eigenvalue weighted by Crippen LogP contribution is 2.35. The number of halogens is 3.